The monoisotopic (exact) mass is 469 g/mol. The molecular formula is C20H19N7O3S2. The summed E-state index contributed by atoms with van der Waals surface area (Å²) in [5.41, 5.74) is 7.76. The number of fused-ring (bicyclic) bond motifs is 1. The van der Waals surface area contributed by atoms with Gasteiger partial charge in [-0.3, -0.25) is 0 Å². The van der Waals surface area contributed by atoms with Crippen molar-refractivity contribution in [2.45, 2.75) is 4.90 Å². The summed E-state index contributed by atoms with van der Waals surface area (Å²) < 4.78 is 30.0. The van der Waals surface area contributed by atoms with E-state index in [4.69, 9.17) is 25.6 Å². The van der Waals surface area contributed by atoms with Gasteiger partial charge in [0.1, 0.15) is 0 Å². The van der Waals surface area contributed by atoms with Crippen molar-refractivity contribution in [2.75, 3.05) is 36.9 Å². The number of nitrogens with zero attached hydrogens (tertiary/aromatic N) is 5. The van der Waals surface area contributed by atoms with Gasteiger partial charge in [-0.05, 0) is 23.8 Å². The quantitative estimate of drug-likeness (QED) is 0.456. The number of rotatable bonds is 4. The SMILES string of the molecule is Nc1ncc(-c2nc(N3CCOCC3)c3sc(-c4cccc(S(N)(=O)=O)c4)cc3n2)cn1. The van der Waals surface area contributed by atoms with Crippen molar-refractivity contribution >= 4 is 43.3 Å². The Labute approximate surface area is 188 Å². The van der Waals surface area contributed by atoms with Crippen LogP contribution < -0.4 is 15.8 Å². The van der Waals surface area contributed by atoms with E-state index in [1.807, 2.05) is 12.1 Å². The van der Waals surface area contributed by atoms with Crippen molar-refractivity contribution < 1.29 is 13.2 Å². The third kappa shape index (κ3) is 4.00. The minimum absolute atomic E-state index is 0.0617. The van der Waals surface area contributed by atoms with Crippen LogP contribution in [-0.2, 0) is 14.8 Å². The number of morpholine rings is 1. The highest BCUT2D eigenvalue weighted by Crippen LogP contribution is 2.39. The van der Waals surface area contributed by atoms with Gasteiger partial charge in [-0.15, -0.1) is 11.3 Å². The molecule has 5 rings (SSSR count). The number of primary sulfonamides is 1. The van der Waals surface area contributed by atoms with Gasteiger partial charge in [0.25, 0.3) is 0 Å². The molecule has 0 unspecified atom stereocenters. The predicted octanol–water partition coefficient (Wildman–Crippen LogP) is 1.88. The molecule has 0 amide bonds. The molecule has 1 saturated heterocycles. The van der Waals surface area contributed by atoms with Crippen molar-refractivity contribution in [2.24, 2.45) is 5.14 Å². The lowest BCUT2D eigenvalue weighted by molar-refractivity contribution is 0.122. The van der Waals surface area contributed by atoms with E-state index in [2.05, 4.69) is 14.9 Å². The number of hydrogen-bond donors (Lipinski definition) is 2. The molecule has 164 valence electrons. The highest BCUT2D eigenvalue weighted by atomic mass is 32.2. The Morgan fingerprint density at radius 2 is 1.78 bits per heavy atom. The van der Waals surface area contributed by atoms with Crippen molar-refractivity contribution in [1.29, 1.82) is 0 Å². The Hall–Kier alpha value is -3.19. The van der Waals surface area contributed by atoms with E-state index >= 15 is 0 Å². The summed E-state index contributed by atoms with van der Waals surface area (Å²) in [6.07, 6.45) is 3.19. The van der Waals surface area contributed by atoms with Gasteiger partial charge in [-0.25, -0.2) is 33.5 Å². The Kier molecular flexibility index (Phi) is 5.21. The summed E-state index contributed by atoms with van der Waals surface area (Å²) in [4.78, 5) is 20.7. The van der Waals surface area contributed by atoms with Gasteiger partial charge in [-0.1, -0.05) is 12.1 Å². The fourth-order valence-electron chi connectivity index (χ4n) is 3.46. The molecule has 12 heteroatoms. The molecule has 3 aromatic heterocycles. The molecule has 10 nitrogen and oxygen atoms in total. The number of ether oxygens (including phenoxy) is 1. The van der Waals surface area contributed by atoms with Gasteiger partial charge < -0.3 is 15.4 Å². The van der Waals surface area contributed by atoms with Crippen LogP contribution in [0.1, 0.15) is 0 Å². The van der Waals surface area contributed by atoms with E-state index in [-0.39, 0.29) is 10.8 Å². The Balaban J connectivity index is 1.67. The molecule has 1 aliphatic rings. The number of thiophene rings is 1. The van der Waals surface area contributed by atoms with Crippen molar-refractivity contribution in [3.63, 3.8) is 0 Å². The molecule has 0 spiro atoms. The van der Waals surface area contributed by atoms with E-state index in [9.17, 15) is 8.42 Å². The smallest absolute Gasteiger partial charge is 0.238 e. The molecule has 0 aliphatic carbocycles. The maximum Gasteiger partial charge on any atom is 0.238 e. The van der Waals surface area contributed by atoms with Crippen molar-refractivity contribution in [3.8, 4) is 21.8 Å². The van der Waals surface area contributed by atoms with E-state index in [0.717, 1.165) is 26.5 Å². The maximum absolute atomic E-state index is 11.8. The van der Waals surface area contributed by atoms with E-state index in [1.54, 1.807) is 24.5 Å². The first kappa shape index (κ1) is 20.7. The zero-order valence-electron chi connectivity index (χ0n) is 16.8. The molecule has 0 bridgehead atoms. The van der Waals surface area contributed by atoms with Crippen LogP contribution in [0.3, 0.4) is 0 Å². The molecule has 4 heterocycles. The number of anilines is 2. The molecule has 1 aromatic carbocycles. The lowest BCUT2D eigenvalue weighted by Crippen LogP contribution is -2.36. The first-order valence-corrected chi connectivity index (χ1v) is 12.1. The second kappa shape index (κ2) is 8.06. The average Bonchev–Trinajstić information content (AvgIpc) is 3.23. The number of benzene rings is 1. The van der Waals surface area contributed by atoms with Crippen LogP contribution in [0.5, 0.6) is 0 Å². The number of nitrogen functional groups attached to an aromatic ring is 1. The van der Waals surface area contributed by atoms with Crippen LogP contribution in [-0.4, -0.2) is 54.7 Å². The van der Waals surface area contributed by atoms with Crippen LogP contribution in [0.25, 0.3) is 32.0 Å². The molecule has 1 aliphatic heterocycles. The van der Waals surface area contributed by atoms with Gasteiger partial charge in [0.2, 0.25) is 16.0 Å². The minimum atomic E-state index is -3.80. The van der Waals surface area contributed by atoms with Crippen LogP contribution in [0.15, 0.2) is 47.6 Å². The van der Waals surface area contributed by atoms with Crippen LogP contribution in [0.2, 0.25) is 0 Å². The standard InChI is InChI=1S/C20H19N7O3S2/c21-20-23-10-13(11-24-20)18-25-15-9-16(12-2-1-3-14(8-12)32(22,28)29)31-17(15)19(26-18)27-4-6-30-7-5-27/h1-3,8-11H,4-7H2,(H2,21,23,24)(H2,22,28,29). The predicted molar refractivity (Wildman–Crippen MR) is 123 cm³/mol. The second-order valence-corrected chi connectivity index (χ2v) is 9.81. The van der Waals surface area contributed by atoms with Gasteiger partial charge >= 0.3 is 0 Å². The highest BCUT2D eigenvalue weighted by molar-refractivity contribution is 7.89. The Bertz CT molecular complexity index is 1400. The Morgan fingerprint density at radius 3 is 2.50 bits per heavy atom. The summed E-state index contributed by atoms with van der Waals surface area (Å²) in [6.45, 7) is 2.64. The van der Waals surface area contributed by atoms with E-state index < -0.39 is 10.0 Å². The fourth-order valence-corrected chi connectivity index (χ4v) is 5.13. The zero-order chi connectivity index (χ0) is 22.3. The highest BCUT2D eigenvalue weighted by Gasteiger charge is 2.21. The second-order valence-electron chi connectivity index (χ2n) is 7.20. The van der Waals surface area contributed by atoms with Gasteiger partial charge in [0.15, 0.2) is 11.6 Å². The first-order chi connectivity index (χ1) is 15.4. The molecule has 32 heavy (non-hydrogen) atoms. The summed E-state index contributed by atoms with van der Waals surface area (Å²) in [6, 6.07) is 8.48. The minimum Gasteiger partial charge on any atom is -0.378 e. The average molecular weight is 470 g/mol. The molecule has 4 aromatic rings. The van der Waals surface area contributed by atoms with E-state index in [1.165, 1.54) is 17.4 Å². The lowest BCUT2D eigenvalue weighted by atomic mass is 10.2. The molecule has 0 radical (unpaired) electrons. The maximum atomic E-state index is 11.8. The van der Waals surface area contributed by atoms with Crippen LogP contribution >= 0.6 is 11.3 Å². The Morgan fingerprint density at radius 1 is 1.03 bits per heavy atom. The topological polar surface area (TPSA) is 150 Å². The molecule has 1 fully saturated rings. The molecule has 0 atom stereocenters. The van der Waals surface area contributed by atoms with Gasteiger partial charge in [0, 0.05) is 30.4 Å². The van der Waals surface area contributed by atoms with Gasteiger partial charge in [-0.2, -0.15) is 0 Å². The fraction of sp³-hybridized carbons (Fsp3) is 0.200. The van der Waals surface area contributed by atoms with Crippen molar-refractivity contribution in [1.82, 2.24) is 19.9 Å². The van der Waals surface area contributed by atoms with Crippen LogP contribution in [0.4, 0.5) is 11.8 Å². The third-order valence-corrected chi connectivity index (χ3v) is 7.12. The zero-order valence-corrected chi connectivity index (χ0v) is 18.4. The number of hydrogen-bond acceptors (Lipinski definition) is 10. The van der Waals surface area contributed by atoms with Crippen LogP contribution in [0, 0.1) is 0 Å². The third-order valence-electron chi connectivity index (χ3n) is 5.04. The van der Waals surface area contributed by atoms with Crippen molar-refractivity contribution in [3.05, 3.63) is 42.7 Å². The molecule has 4 N–H and O–H groups in total. The number of nitrogens with two attached hydrogens (primary N) is 2. The van der Waals surface area contributed by atoms with Gasteiger partial charge in [0.05, 0.1) is 33.9 Å². The molecular weight excluding hydrogens is 450 g/mol. The summed E-state index contributed by atoms with van der Waals surface area (Å²) in [5.74, 6) is 1.46. The summed E-state index contributed by atoms with van der Waals surface area (Å²) in [5, 5.41) is 5.31. The molecule has 0 saturated carbocycles. The summed E-state index contributed by atoms with van der Waals surface area (Å²) >= 11 is 1.50. The largest absolute Gasteiger partial charge is 0.378 e. The first-order valence-electron chi connectivity index (χ1n) is 9.74. The number of sulfonamides is 1. The number of aromatic nitrogens is 4. The van der Waals surface area contributed by atoms with E-state index in [0.29, 0.717) is 37.7 Å². The normalized spacial score (nSPS) is 14.7. The lowest BCUT2D eigenvalue weighted by Gasteiger charge is -2.28. The summed E-state index contributed by atoms with van der Waals surface area (Å²) in [7, 11) is -3.80.